The lowest BCUT2D eigenvalue weighted by Gasteiger charge is -2.16. The van der Waals surface area contributed by atoms with E-state index >= 15 is 0 Å². The Labute approximate surface area is 140 Å². The molecule has 0 spiro atoms. The lowest BCUT2D eigenvalue weighted by Crippen LogP contribution is -2.30. The molecule has 0 heterocycles. The highest BCUT2D eigenvalue weighted by Crippen LogP contribution is 2.26. The first kappa shape index (κ1) is 16.7. The highest BCUT2D eigenvalue weighted by atomic mass is 35.5. The fraction of sp³-hybridized carbons (Fsp3) is 0.235. The van der Waals surface area contributed by atoms with Crippen molar-refractivity contribution >= 4 is 34.8 Å². The molecule has 1 atom stereocenters. The van der Waals surface area contributed by atoms with E-state index in [0.29, 0.717) is 21.5 Å². The Hall–Kier alpha value is -1.71. The van der Waals surface area contributed by atoms with Gasteiger partial charge in [-0.25, -0.2) is 0 Å². The standard InChI is InChI=1S/C17H17Cl2NO2/c1-10-6-11(2)8-14(7-10)22-12(3)17(21)20-16-9-13(18)4-5-15(16)19/h4-9,12H,1-3H3,(H,20,21)/t12-/m1/s1. The van der Waals surface area contributed by atoms with Gasteiger partial charge in [-0.3, -0.25) is 4.79 Å². The topological polar surface area (TPSA) is 38.3 Å². The van der Waals surface area contributed by atoms with Gasteiger partial charge in [0.1, 0.15) is 5.75 Å². The summed E-state index contributed by atoms with van der Waals surface area (Å²) in [6.45, 7) is 5.65. The van der Waals surface area contributed by atoms with Crippen molar-refractivity contribution in [2.75, 3.05) is 5.32 Å². The van der Waals surface area contributed by atoms with Gasteiger partial charge >= 0.3 is 0 Å². The maximum Gasteiger partial charge on any atom is 0.265 e. The number of halogens is 2. The number of hydrogen-bond donors (Lipinski definition) is 1. The van der Waals surface area contributed by atoms with Crippen LogP contribution in [0.2, 0.25) is 10.0 Å². The van der Waals surface area contributed by atoms with Gasteiger partial charge in [0.25, 0.3) is 5.91 Å². The molecule has 0 aliphatic heterocycles. The van der Waals surface area contributed by atoms with Crippen molar-refractivity contribution in [3.05, 3.63) is 57.6 Å². The van der Waals surface area contributed by atoms with E-state index in [4.69, 9.17) is 27.9 Å². The van der Waals surface area contributed by atoms with E-state index in [1.807, 2.05) is 32.0 Å². The number of rotatable bonds is 4. The van der Waals surface area contributed by atoms with E-state index in [1.54, 1.807) is 25.1 Å². The van der Waals surface area contributed by atoms with E-state index in [0.717, 1.165) is 11.1 Å². The van der Waals surface area contributed by atoms with Crippen LogP contribution < -0.4 is 10.1 Å². The van der Waals surface area contributed by atoms with E-state index in [2.05, 4.69) is 5.32 Å². The van der Waals surface area contributed by atoms with Crippen LogP contribution in [-0.2, 0) is 4.79 Å². The van der Waals surface area contributed by atoms with E-state index in [-0.39, 0.29) is 5.91 Å². The summed E-state index contributed by atoms with van der Waals surface area (Å²) in [6, 6.07) is 10.7. The molecular formula is C17H17Cl2NO2. The molecule has 1 N–H and O–H groups in total. The van der Waals surface area contributed by atoms with Crippen LogP contribution in [0.1, 0.15) is 18.1 Å². The molecular weight excluding hydrogens is 321 g/mol. The molecule has 0 saturated heterocycles. The monoisotopic (exact) mass is 337 g/mol. The SMILES string of the molecule is Cc1cc(C)cc(O[C@H](C)C(=O)Nc2cc(Cl)ccc2Cl)c1. The number of nitrogens with one attached hydrogen (secondary N) is 1. The second kappa shape index (κ2) is 7.03. The Morgan fingerprint density at radius 2 is 1.73 bits per heavy atom. The third-order valence-electron chi connectivity index (χ3n) is 3.06. The average molecular weight is 338 g/mol. The first-order chi connectivity index (χ1) is 10.3. The molecule has 5 heteroatoms. The average Bonchev–Trinajstić information content (AvgIpc) is 2.41. The Morgan fingerprint density at radius 1 is 1.09 bits per heavy atom. The molecule has 0 unspecified atom stereocenters. The predicted octanol–water partition coefficient (Wildman–Crippen LogP) is 5.02. The zero-order valence-electron chi connectivity index (χ0n) is 12.6. The molecule has 0 aliphatic carbocycles. The van der Waals surface area contributed by atoms with Gasteiger partial charge in [0, 0.05) is 5.02 Å². The minimum Gasteiger partial charge on any atom is -0.481 e. The maximum absolute atomic E-state index is 12.2. The van der Waals surface area contributed by atoms with Gasteiger partial charge in [0.15, 0.2) is 6.10 Å². The third kappa shape index (κ3) is 4.39. The van der Waals surface area contributed by atoms with Crippen molar-refractivity contribution in [3.63, 3.8) is 0 Å². The van der Waals surface area contributed by atoms with Crippen molar-refractivity contribution in [2.24, 2.45) is 0 Å². The van der Waals surface area contributed by atoms with Crippen LogP contribution in [0.4, 0.5) is 5.69 Å². The van der Waals surface area contributed by atoms with Gasteiger partial charge < -0.3 is 10.1 Å². The molecule has 2 aromatic rings. The molecule has 22 heavy (non-hydrogen) atoms. The zero-order valence-corrected chi connectivity index (χ0v) is 14.1. The Bertz CT molecular complexity index is 681. The molecule has 3 nitrogen and oxygen atoms in total. The highest BCUT2D eigenvalue weighted by Gasteiger charge is 2.16. The fourth-order valence-electron chi connectivity index (χ4n) is 2.09. The van der Waals surface area contributed by atoms with Crippen LogP contribution in [0.3, 0.4) is 0 Å². The quantitative estimate of drug-likeness (QED) is 0.850. The normalized spacial score (nSPS) is 11.9. The Kier molecular flexibility index (Phi) is 5.33. The lowest BCUT2D eigenvalue weighted by atomic mass is 10.1. The molecule has 0 saturated carbocycles. The van der Waals surface area contributed by atoms with Crippen molar-refractivity contribution in [1.82, 2.24) is 0 Å². The molecule has 0 bridgehead atoms. The van der Waals surface area contributed by atoms with Crippen molar-refractivity contribution in [1.29, 1.82) is 0 Å². The van der Waals surface area contributed by atoms with Gasteiger partial charge in [-0.2, -0.15) is 0 Å². The first-order valence-electron chi connectivity index (χ1n) is 6.86. The van der Waals surface area contributed by atoms with Gasteiger partial charge in [-0.05, 0) is 62.2 Å². The Balaban J connectivity index is 2.07. The van der Waals surface area contributed by atoms with Crippen molar-refractivity contribution < 1.29 is 9.53 Å². The molecule has 0 aliphatic rings. The summed E-state index contributed by atoms with van der Waals surface area (Å²) in [5.41, 5.74) is 2.64. The zero-order chi connectivity index (χ0) is 16.3. The highest BCUT2D eigenvalue weighted by molar-refractivity contribution is 6.35. The van der Waals surface area contributed by atoms with Gasteiger partial charge in [0.05, 0.1) is 10.7 Å². The number of ether oxygens (including phenoxy) is 1. The van der Waals surface area contributed by atoms with E-state index in [1.165, 1.54) is 0 Å². The summed E-state index contributed by atoms with van der Waals surface area (Å²) in [5, 5.41) is 3.65. The second-order valence-electron chi connectivity index (χ2n) is 5.20. The molecule has 2 aromatic carbocycles. The summed E-state index contributed by atoms with van der Waals surface area (Å²) in [7, 11) is 0. The molecule has 2 rings (SSSR count). The van der Waals surface area contributed by atoms with Gasteiger partial charge in [0.2, 0.25) is 0 Å². The number of benzene rings is 2. The lowest BCUT2D eigenvalue weighted by molar-refractivity contribution is -0.122. The summed E-state index contributed by atoms with van der Waals surface area (Å²) in [5.74, 6) is 0.376. The van der Waals surface area contributed by atoms with Crippen LogP contribution in [0.15, 0.2) is 36.4 Å². The first-order valence-corrected chi connectivity index (χ1v) is 7.61. The smallest absolute Gasteiger partial charge is 0.265 e. The number of aryl methyl sites for hydroxylation is 2. The minimum absolute atomic E-state index is 0.289. The number of hydrogen-bond acceptors (Lipinski definition) is 2. The third-order valence-corrected chi connectivity index (χ3v) is 3.63. The molecule has 116 valence electrons. The summed E-state index contributed by atoms with van der Waals surface area (Å²) in [4.78, 5) is 12.2. The summed E-state index contributed by atoms with van der Waals surface area (Å²) >= 11 is 11.9. The van der Waals surface area contributed by atoms with E-state index in [9.17, 15) is 4.79 Å². The van der Waals surface area contributed by atoms with Crippen LogP contribution >= 0.6 is 23.2 Å². The second-order valence-corrected chi connectivity index (χ2v) is 6.04. The predicted molar refractivity (Wildman–Crippen MR) is 91.1 cm³/mol. The molecule has 0 aromatic heterocycles. The Morgan fingerprint density at radius 3 is 2.36 bits per heavy atom. The van der Waals surface area contributed by atoms with Crippen LogP contribution in [0, 0.1) is 13.8 Å². The fourth-order valence-corrected chi connectivity index (χ4v) is 2.42. The van der Waals surface area contributed by atoms with Crippen LogP contribution in [0.5, 0.6) is 5.75 Å². The summed E-state index contributed by atoms with van der Waals surface area (Å²) in [6.07, 6.45) is -0.656. The molecule has 1 amide bonds. The minimum atomic E-state index is -0.656. The van der Waals surface area contributed by atoms with Gasteiger partial charge in [-0.15, -0.1) is 0 Å². The maximum atomic E-state index is 12.2. The number of carbonyl (C=O) groups excluding carboxylic acids is 1. The van der Waals surface area contributed by atoms with Gasteiger partial charge in [-0.1, -0.05) is 29.3 Å². The van der Waals surface area contributed by atoms with Crippen LogP contribution in [0.25, 0.3) is 0 Å². The largest absolute Gasteiger partial charge is 0.481 e. The number of anilines is 1. The number of carbonyl (C=O) groups is 1. The van der Waals surface area contributed by atoms with Crippen molar-refractivity contribution in [2.45, 2.75) is 26.9 Å². The van der Waals surface area contributed by atoms with Crippen LogP contribution in [-0.4, -0.2) is 12.0 Å². The van der Waals surface area contributed by atoms with Crippen molar-refractivity contribution in [3.8, 4) is 5.75 Å². The van der Waals surface area contributed by atoms with E-state index < -0.39 is 6.10 Å². The summed E-state index contributed by atoms with van der Waals surface area (Å²) < 4.78 is 5.69. The molecule has 0 radical (unpaired) electrons. The molecule has 0 fully saturated rings. The number of amides is 1.